The van der Waals surface area contributed by atoms with Crippen LogP contribution in [0.5, 0.6) is 0 Å². The number of hydrogen-bond acceptors (Lipinski definition) is 6. The number of rotatable bonds is 5. The Morgan fingerprint density at radius 1 is 1.17 bits per heavy atom. The van der Waals surface area contributed by atoms with Gasteiger partial charge in [0.2, 0.25) is 0 Å². The molecule has 3 heterocycles. The normalized spacial score (nSPS) is 22.9. The number of nitrogens with zero attached hydrogens (tertiary/aromatic N) is 3. The Hall–Kier alpha value is -2.62. The van der Waals surface area contributed by atoms with Crippen LogP contribution in [-0.4, -0.2) is 38.9 Å². The van der Waals surface area contributed by atoms with Gasteiger partial charge in [0.15, 0.2) is 5.65 Å². The van der Waals surface area contributed by atoms with Crippen LogP contribution < -0.4 is 16.4 Å². The summed E-state index contributed by atoms with van der Waals surface area (Å²) in [5.41, 5.74) is 9.17. The Kier molecular flexibility index (Phi) is 4.88. The third-order valence-electron chi connectivity index (χ3n) is 5.98. The number of β-amino-alcohol motifs (C(OH)–C–C–N with tert-alkyl or cyclic N) is 1. The van der Waals surface area contributed by atoms with E-state index in [1.165, 1.54) is 12.1 Å². The van der Waals surface area contributed by atoms with E-state index in [0.717, 1.165) is 37.4 Å². The van der Waals surface area contributed by atoms with Crippen LogP contribution in [0.25, 0.3) is 5.65 Å². The number of piperidine rings is 1. The van der Waals surface area contributed by atoms with Crippen LogP contribution in [-0.2, 0) is 0 Å². The van der Waals surface area contributed by atoms with Crippen molar-refractivity contribution in [3.05, 3.63) is 53.4 Å². The molecule has 0 radical (unpaired) electrons. The highest BCUT2D eigenvalue weighted by molar-refractivity contribution is 5.63. The van der Waals surface area contributed by atoms with Gasteiger partial charge in [-0.1, -0.05) is 0 Å². The highest BCUT2D eigenvalue weighted by Gasteiger charge is 2.32. The van der Waals surface area contributed by atoms with Crippen molar-refractivity contribution in [1.29, 1.82) is 0 Å². The molecule has 2 fully saturated rings. The summed E-state index contributed by atoms with van der Waals surface area (Å²) in [5.74, 6) is -0.530. The quantitative estimate of drug-likeness (QED) is 0.512. The van der Waals surface area contributed by atoms with Gasteiger partial charge in [-0.2, -0.15) is 9.61 Å². The van der Waals surface area contributed by atoms with Crippen molar-refractivity contribution in [1.82, 2.24) is 19.9 Å². The molecular weight excluding hydrogens is 390 g/mol. The molecule has 2 aromatic heterocycles. The Balaban J connectivity index is 1.58. The SMILES string of the molecule is NC(c1cc(Nc2cc(F)cc(F)c2)n2ncc(C3CC3)c2n1)[C@H]1CCNC[C@@H]1O. The number of aromatic nitrogens is 3. The number of nitrogens with two attached hydrogens (primary N) is 1. The van der Waals surface area contributed by atoms with E-state index in [4.69, 9.17) is 10.7 Å². The van der Waals surface area contributed by atoms with E-state index < -0.39 is 23.8 Å². The Morgan fingerprint density at radius 2 is 1.93 bits per heavy atom. The average Bonchev–Trinajstić information content (AvgIpc) is 3.46. The van der Waals surface area contributed by atoms with Gasteiger partial charge in [0.25, 0.3) is 0 Å². The van der Waals surface area contributed by atoms with Crippen LogP contribution in [0, 0.1) is 17.6 Å². The van der Waals surface area contributed by atoms with Crippen molar-refractivity contribution in [3.8, 4) is 0 Å². The summed E-state index contributed by atoms with van der Waals surface area (Å²) in [6, 6.07) is 4.54. The van der Waals surface area contributed by atoms with E-state index in [9.17, 15) is 13.9 Å². The molecule has 1 saturated carbocycles. The maximum Gasteiger partial charge on any atom is 0.161 e. The number of aliphatic hydroxyl groups is 1. The fourth-order valence-electron chi connectivity index (χ4n) is 4.22. The van der Waals surface area contributed by atoms with Crippen molar-refractivity contribution in [2.45, 2.75) is 37.3 Å². The van der Waals surface area contributed by atoms with Gasteiger partial charge in [-0.05, 0) is 43.9 Å². The Labute approximate surface area is 172 Å². The van der Waals surface area contributed by atoms with Gasteiger partial charge in [-0.25, -0.2) is 13.8 Å². The van der Waals surface area contributed by atoms with E-state index in [-0.39, 0.29) is 11.6 Å². The van der Waals surface area contributed by atoms with Crippen LogP contribution in [0.15, 0.2) is 30.5 Å². The molecule has 30 heavy (non-hydrogen) atoms. The molecule has 3 aromatic rings. The van der Waals surface area contributed by atoms with E-state index in [1.54, 1.807) is 16.8 Å². The van der Waals surface area contributed by atoms with Crippen LogP contribution in [0.4, 0.5) is 20.3 Å². The van der Waals surface area contributed by atoms with Gasteiger partial charge in [-0.3, -0.25) is 0 Å². The smallest absolute Gasteiger partial charge is 0.161 e. The van der Waals surface area contributed by atoms with Gasteiger partial charge in [0.05, 0.1) is 24.0 Å². The van der Waals surface area contributed by atoms with Crippen molar-refractivity contribution in [2.75, 3.05) is 18.4 Å². The molecule has 1 unspecified atom stereocenters. The maximum atomic E-state index is 13.7. The van der Waals surface area contributed by atoms with E-state index in [1.807, 2.05) is 0 Å². The molecule has 1 saturated heterocycles. The second-order valence-corrected chi connectivity index (χ2v) is 8.21. The first-order valence-electron chi connectivity index (χ1n) is 10.3. The molecule has 5 N–H and O–H groups in total. The van der Waals surface area contributed by atoms with Gasteiger partial charge in [0, 0.05) is 35.8 Å². The zero-order chi connectivity index (χ0) is 20.8. The first-order valence-corrected chi connectivity index (χ1v) is 10.3. The number of benzene rings is 1. The molecule has 5 rings (SSSR count). The summed E-state index contributed by atoms with van der Waals surface area (Å²) < 4.78 is 29.0. The molecule has 9 heteroatoms. The van der Waals surface area contributed by atoms with Gasteiger partial charge < -0.3 is 21.5 Å². The standard InChI is InChI=1S/C21H24F2N6O/c22-12-5-13(23)7-14(6-12)27-19-8-17(20(24)15-3-4-25-10-18(15)30)28-21-16(11-1-2-11)9-26-29(19)21/h5-9,11,15,18,20,25,27,30H,1-4,10,24H2/t15-,18-,20?/m0/s1. The van der Waals surface area contributed by atoms with Crippen molar-refractivity contribution in [3.63, 3.8) is 0 Å². The van der Waals surface area contributed by atoms with Gasteiger partial charge in [0.1, 0.15) is 17.5 Å². The lowest BCUT2D eigenvalue weighted by Crippen LogP contribution is -2.45. The largest absolute Gasteiger partial charge is 0.391 e. The molecule has 0 bridgehead atoms. The predicted molar refractivity (Wildman–Crippen MR) is 109 cm³/mol. The lowest BCUT2D eigenvalue weighted by molar-refractivity contribution is 0.0666. The number of halogens is 2. The molecule has 0 amide bonds. The monoisotopic (exact) mass is 414 g/mol. The average molecular weight is 414 g/mol. The fourth-order valence-corrected chi connectivity index (χ4v) is 4.22. The predicted octanol–water partition coefficient (Wildman–Crippen LogP) is 2.60. The number of aliphatic hydroxyl groups excluding tert-OH is 1. The molecule has 1 aliphatic heterocycles. The number of fused-ring (bicyclic) bond motifs is 1. The maximum absolute atomic E-state index is 13.7. The molecule has 7 nitrogen and oxygen atoms in total. The third kappa shape index (κ3) is 3.64. The van der Waals surface area contributed by atoms with Gasteiger partial charge >= 0.3 is 0 Å². The second kappa shape index (κ2) is 7.57. The van der Waals surface area contributed by atoms with Gasteiger partial charge in [-0.15, -0.1) is 0 Å². The van der Waals surface area contributed by atoms with Crippen LogP contribution in [0.1, 0.15) is 42.5 Å². The van der Waals surface area contributed by atoms with Crippen molar-refractivity contribution < 1.29 is 13.9 Å². The summed E-state index contributed by atoms with van der Waals surface area (Å²) >= 11 is 0. The topological polar surface area (TPSA) is 100 Å². The summed E-state index contributed by atoms with van der Waals surface area (Å²) in [4.78, 5) is 4.80. The molecule has 3 atom stereocenters. The minimum atomic E-state index is -0.670. The number of nitrogens with one attached hydrogen (secondary N) is 2. The summed E-state index contributed by atoms with van der Waals surface area (Å²) in [6.07, 6.45) is 4.15. The molecule has 2 aliphatic rings. The first-order chi connectivity index (χ1) is 14.5. The van der Waals surface area contributed by atoms with Crippen molar-refractivity contribution >= 4 is 17.2 Å². The third-order valence-corrected chi connectivity index (χ3v) is 5.98. The summed E-state index contributed by atoms with van der Waals surface area (Å²) in [5, 5.41) is 21.1. The second-order valence-electron chi connectivity index (χ2n) is 8.21. The lowest BCUT2D eigenvalue weighted by atomic mass is 9.86. The molecule has 1 aromatic carbocycles. The Bertz CT molecular complexity index is 1060. The summed E-state index contributed by atoms with van der Waals surface area (Å²) in [7, 11) is 0. The number of anilines is 2. The van der Waals surface area contributed by atoms with Crippen molar-refractivity contribution in [2.24, 2.45) is 11.7 Å². The first kappa shape index (κ1) is 19.3. The minimum absolute atomic E-state index is 0.132. The van der Waals surface area contributed by atoms with E-state index in [0.29, 0.717) is 29.6 Å². The van der Waals surface area contributed by atoms with Crippen LogP contribution >= 0.6 is 0 Å². The minimum Gasteiger partial charge on any atom is -0.391 e. The summed E-state index contributed by atoms with van der Waals surface area (Å²) in [6.45, 7) is 1.28. The Morgan fingerprint density at radius 3 is 2.63 bits per heavy atom. The van der Waals surface area contributed by atoms with Crippen LogP contribution in [0.3, 0.4) is 0 Å². The van der Waals surface area contributed by atoms with E-state index >= 15 is 0 Å². The highest BCUT2D eigenvalue weighted by Crippen LogP contribution is 2.42. The molecular formula is C21H24F2N6O. The zero-order valence-electron chi connectivity index (χ0n) is 16.4. The van der Waals surface area contributed by atoms with E-state index in [2.05, 4.69) is 15.7 Å². The highest BCUT2D eigenvalue weighted by atomic mass is 19.1. The molecule has 158 valence electrons. The lowest BCUT2D eigenvalue weighted by Gasteiger charge is -2.32. The fraction of sp³-hybridized carbons (Fsp3) is 0.429. The molecule has 0 spiro atoms. The molecule has 1 aliphatic carbocycles. The zero-order valence-corrected chi connectivity index (χ0v) is 16.4. The number of hydrogen-bond donors (Lipinski definition) is 4. The van der Waals surface area contributed by atoms with Crippen LogP contribution in [0.2, 0.25) is 0 Å².